The summed E-state index contributed by atoms with van der Waals surface area (Å²) in [5, 5.41) is 9.02. The van der Waals surface area contributed by atoms with Gasteiger partial charge < -0.3 is 4.98 Å². The Bertz CT molecular complexity index is 964. The number of aromatic nitrogens is 1. The smallest absolute Gasteiger partial charge is 0.266 e. The molecule has 2 aromatic rings. The van der Waals surface area contributed by atoms with Gasteiger partial charge in [0.05, 0.1) is 5.69 Å². The summed E-state index contributed by atoms with van der Waals surface area (Å²) < 4.78 is 39.5. The summed E-state index contributed by atoms with van der Waals surface area (Å²) in [6.07, 6.45) is 0.174. The monoisotopic (exact) mass is 364 g/mol. The third-order valence-electron chi connectivity index (χ3n) is 3.89. The van der Waals surface area contributed by atoms with Crippen LogP contribution in [-0.2, 0) is 11.2 Å². The lowest BCUT2D eigenvalue weighted by molar-refractivity contribution is -0.120. The van der Waals surface area contributed by atoms with Crippen molar-refractivity contribution in [2.75, 3.05) is 5.43 Å². The predicted molar refractivity (Wildman–Crippen MR) is 87.7 cm³/mol. The highest BCUT2D eigenvalue weighted by atomic mass is 19.2. The fourth-order valence-electron chi connectivity index (χ4n) is 2.48. The first kappa shape index (κ1) is 19.1. The van der Waals surface area contributed by atoms with Gasteiger partial charge in [-0.2, -0.15) is 5.26 Å². The number of nitrogens with one attached hydrogen (secondary N) is 3. The highest BCUT2D eigenvalue weighted by Crippen LogP contribution is 2.19. The van der Waals surface area contributed by atoms with Gasteiger partial charge in [-0.15, -0.1) is 0 Å². The Labute approximate surface area is 146 Å². The fourth-order valence-corrected chi connectivity index (χ4v) is 2.48. The molecule has 0 fully saturated rings. The maximum absolute atomic E-state index is 13.5. The average Bonchev–Trinajstić information content (AvgIpc) is 2.59. The Morgan fingerprint density at radius 1 is 1.23 bits per heavy atom. The van der Waals surface area contributed by atoms with Crippen molar-refractivity contribution in [2.45, 2.75) is 26.7 Å². The molecule has 0 bridgehead atoms. The largest absolute Gasteiger partial charge is 0.325 e. The minimum Gasteiger partial charge on any atom is -0.325 e. The van der Waals surface area contributed by atoms with Gasteiger partial charge in [0.25, 0.3) is 5.56 Å². The number of nitrogens with zero attached hydrogens (tertiary/aromatic N) is 1. The van der Waals surface area contributed by atoms with Gasteiger partial charge in [-0.1, -0.05) is 0 Å². The van der Waals surface area contributed by atoms with E-state index in [-0.39, 0.29) is 18.4 Å². The number of carbonyl (C=O) groups is 1. The van der Waals surface area contributed by atoms with E-state index in [1.807, 2.05) is 6.07 Å². The second kappa shape index (κ2) is 7.74. The molecule has 0 aliphatic carbocycles. The minimum atomic E-state index is -1.65. The van der Waals surface area contributed by atoms with Gasteiger partial charge in [0.1, 0.15) is 11.6 Å². The van der Waals surface area contributed by atoms with Crippen molar-refractivity contribution >= 4 is 11.6 Å². The van der Waals surface area contributed by atoms with Crippen molar-refractivity contribution in [1.82, 2.24) is 10.4 Å². The number of benzene rings is 1. The molecular weight excluding hydrogens is 349 g/mol. The molecule has 9 heteroatoms. The van der Waals surface area contributed by atoms with Crippen molar-refractivity contribution < 1.29 is 18.0 Å². The summed E-state index contributed by atoms with van der Waals surface area (Å²) in [6.45, 7) is 3.26. The molecule has 0 spiro atoms. The Balaban J connectivity index is 2.04. The summed E-state index contributed by atoms with van der Waals surface area (Å²) >= 11 is 0. The highest BCUT2D eigenvalue weighted by molar-refractivity contribution is 5.77. The van der Waals surface area contributed by atoms with Gasteiger partial charge in [-0.3, -0.25) is 20.4 Å². The van der Waals surface area contributed by atoms with Gasteiger partial charge in [0.2, 0.25) is 5.91 Å². The van der Waals surface area contributed by atoms with Crippen LogP contribution in [0.15, 0.2) is 16.9 Å². The zero-order valence-corrected chi connectivity index (χ0v) is 14.0. The normalized spacial score (nSPS) is 10.3. The van der Waals surface area contributed by atoms with Gasteiger partial charge >= 0.3 is 0 Å². The molecule has 0 saturated heterocycles. The van der Waals surface area contributed by atoms with Crippen LogP contribution >= 0.6 is 0 Å². The molecule has 0 saturated carbocycles. The van der Waals surface area contributed by atoms with Gasteiger partial charge in [0, 0.05) is 12.1 Å². The molecule has 1 amide bonds. The van der Waals surface area contributed by atoms with Crippen LogP contribution in [0, 0.1) is 42.6 Å². The minimum absolute atomic E-state index is 0.0204. The van der Waals surface area contributed by atoms with E-state index in [4.69, 9.17) is 5.26 Å². The number of halogens is 3. The second-order valence-electron chi connectivity index (χ2n) is 5.57. The van der Waals surface area contributed by atoms with E-state index in [0.717, 1.165) is 12.1 Å². The number of nitriles is 1. The van der Waals surface area contributed by atoms with Crippen molar-refractivity contribution in [3.05, 3.63) is 62.3 Å². The molecule has 3 N–H and O–H groups in total. The van der Waals surface area contributed by atoms with E-state index in [2.05, 4.69) is 15.8 Å². The summed E-state index contributed by atoms with van der Waals surface area (Å²) in [5.41, 5.74) is 5.11. The molecule has 6 nitrogen and oxygen atoms in total. The molecule has 0 radical (unpaired) electrons. The maximum Gasteiger partial charge on any atom is 0.266 e. The summed E-state index contributed by atoms with van der Waals surface area (Å²) in [5.74, 6) is -4.97. The summed E-state index contributed by atoms with van der Waals surface area (Å²) in [6, 6.07) is 3.49. The molecule has 0 atom stereocenters. The molecule has 0 unspecified atom stereocenters. The number of hydrogen-bond donors (Lipinski definition) is 3. The molecule has 2 rings (SSSR count). The zero-order valence-electron chi connectivity index (χ0n) is 14.0. The zero-order chi connectivity index (χ0) is 19.4. The van der Waals surface area contributed by atoms with Crippen LogP contribution < -0.4 is 16.4 Å². The third kappa shape index (κ3) is 3.85. The van der Waals surface area contributed by atoms with Crippen molar-refractivity contribution in [3.63, 3.8) is 0 Å². The third-order valence-corrected chi connectivity index (χ3v) is 3.89. The number of hydrazine groups is 1. The molecule has 0 aliphatic heterocycles. The average molecular weight is 364 g/mol. The lowest BCUT2D eigenvalue weighted by Gasteiger charge is -2.12. The first-order valence-corrected chi connectivity index (χ1v) is 7.57. The Hall–Kier alpha value is -3.28. The van der Waals surface area contributed by atoms with E-state index in [1.54, 1.807) is 13.8 Å². The first-order chi connectivity index (χ1) is 12.3. The van der Waals surface area contributed by atoms with Gasteiger partial charge in [-0.05, 0) is 43.5 Å². The van der Waals surface area contributed by atoms with Crippen LogP contribution in [0.25, 0.3) is 0 Å². The molecule has 1 aromatic carbocycles. The standard InChI is InChI=1S/C17H15F3N4O2/c1-8-10(9(2)22-17(26)11(8)7-21)3-6-14(25)24-23-13-5-4-12(18)15(19)16(13)20/h4-5,23H,3,6H2,1-2H3,(H,22,26)(H,24,25). The van der Waals surface area contributed by atoms with E-state index in [9.17, 15) is 22.8 Å². The van der Waals surface area contributed by atoms with Crippen molar-refractivity contribution in [3.8, 4) is 6.07 Å². The van der Waals surface area contributed by atoms with Crippen molar-refractivity contribution in [1.29, 1.82) is 5.26 Å². The number of hydrogen-bond acceptors (Lipinski definition) is 4. The number of carbonyl (C=O) groups excluding carboxylic acids is 1. The molecule has 0 aliphatic rings. The number of aryl methyl sites for hydroxylation is 1. The lowest BCUT2D eigenvalue weighted by atomic mass is 9.99. The SMILES string of the molecule is Cc1[nH]c(=O)c(C#N)c(C)c1CCC(=O)NNc1ccc(F)c(F)c1F. The number of amides is 1. The van der Waals surface area contributed by atoms with Gasteiger partial charge in [0.15, 0.2) is 17.5 Å². The number of aromatic amines is 1. The molecule has 1 aromatic heterocycles. The summed E-state index contributed by atoms with van der Waals surface area (Å²) in [7, 11) is 0. The predicted octanol–water partition coefficient (Wildman–Crippen LogP) is 2.36. The number of H-pyrrole nitrogens is 1. The fraction of sp³-hybridized carbons (Fsp3) is 0.235. The van der Waals surface area contributed by atoms with Crippen LogP contribution in [0.5, 0.6) is 0 Å². The van der Waals surface area contributed by atoms with Gasteiger partial charge in [-0.25, -0.2) is 13.2 Å². The molecule has 136 valence electrons. The van der Waals surface area contributed by atoms with E-state index in [1.165, 1.54) is 0 Å². The Morgan fingerprint density at radius 3 is 2.58 bits per heavy atom. The quantitative estimate of drug-likeness (QED) is 0.560. The van der Waals surface area contributed by atoms with Crippen LogP contribution in [-0.4, -0.2) is 10.9 Å². The van der Waals surface area contributed by atoms with Crippen LogP contribution in [0.4, 0.5) is 18.9 Å². The lowest BCUT2D eigenvalue weighted by Crippen LogP contribution is -2.30. The van der Waals surface area contributed by atoms with Crippen LogP contribution in [0.1, 0.15) is 28.8 Å². The Morgan fingerprint density at radius 2 is 1.92 bits per heavy atom. The molecule has 26 heavy (non-hydrogen) atoms. The number of anilines is 1. The summed E-state index contributed by atoms with van der Waals surface area (Å²) in [4.78, 5) is 26.1. The maximum atomic E-state index is 13.5. The Kier molecular flexibility index (Phi) is 5.67. The van der Waals surface area contributed by atoms with E-state index < -0.39 is 34.6 Å². The van der Waals surface area contributed by atoms with E-state index >= 15 is 0 Å². The highest BCUT2D eigenvalue weighted by Gasteiger charge is 2.15. The number of rotatable bonds is 5. The second-order valence-corrected chi connectivity index (χ2v) is 5.57. The first-order valence-electron chi connectivity index (χ1n) is 7.57. The molecular formula is C17H15F3N4O2. The molecule has 1 heterocycles. The van der Waals surface area contributed by atoms with E-state index in [0.29, 0.717) is 16.8 Å². The van der Waals surface area contributed by atoms with Crippen LogP contribution in [0.2, 0.25) is 0 Å². The van der Waals surface area contributed by atoms with Crippen molar-refractivity contribution in [2.24, 2.45) is 0 Å². The number of pyridine rings is 1. The topological polar surface area (TPSA) is 97.8 Å². The van der Waals surface area contributed by atoms with Crippen LogP contribution in [0.3, 0.4) is 0 Å².